The van der Waals surface area contributed by atoms with E-state index in [1.807, 2.05) is 46.8 Å². The van der Waals surface area contributed by atoms with Crippen molar-refractivity contribution in [3.63, 3.8) is 0 Å². The molecule has 0 aliphatic carbocycles. The number of hydrogen-bond acceptors (Lipinski definition) is 5. The number of nitrogens with zero attached hydrogens (tertiary/aromatic N) is 2. The Kier molecular flexibility index (Phi) is 4.68. The number of carbonyl (C=O) groups excluding carboxylic acids is 1. The zero-order valence-electron chi connectivity index (χ0n) is 13.8. The van der Waals surface area contributed by atoms with Crippen LogP contribution in [-0.4, -0.2) is 16.0 Å². The van der Waals surface area contributed by atoms with Crippen LogP contribution in [0.2, 0.25) is 0 Å². The van der Waals surface area contributed by atoms with Gasteiger partial charge in [0.05, 0.1) is 6.04 Å². The maximum absolute atomic E-state index is 12.0. The summed E-state index contributed by atoms with van der Waals surface area (Å²) in [6.07, 6.45) is 0.731. The number of nitrogens with one attached hydrogen (secondary N) is 1. The molecule has 0 aromatic carbocycles. The summed E-state index contributed by atoms with van der Waals surface area (Å²) >= 11 is 0. The standard InChI is InChI=1S/C16H23N3O3/c1-10-6-7-12(21-10)11(2)17-13(20)8-9-14-18-15(19-22-14)16(3,4)5/h6-7,11H,8-9H2,1-5H3,(H,17,20)/t11-/m1/s1. The van der Waals surface area contributed by atoms with Gasteiger partial charge in [-0.1, -0.05) is 25.9 Å². The molecule has 0 saturated carbocycles. The second-order valence-corrected chi connectivity index (χ2v) is 6.50. The molecule has 1 amide bonds. The maximum Gasteiger partial charge on any atom is 0.227 e. The molecule has 1 atom stereocenters. The number of aromatic nitrogens is 2. The van der Waals surface area contributed by atoms with Gasteiger partial charge in [-0.3, -0.25) is 4.79 Å². The van der Waals surface area contributed by atoms with Crippen molar-refractivity contribution in [1.82, 2.24) is 15.5 Å². The van der Waals surface area contributed by atoms with E-state index in [-0.39, 0.29) is 17.4 Å². The number of rotatable bonds is 5. The van der Waals surface area contributed by atoms with E-state index in [4.69, 9.17) is 8.94 Å². The molecule has 1 N–H and O–H groups in total. The summed E-state index contributed by atoms with van der Waals surface area (Å²) in [5.41, 5.74) is -0.157. The minimum atomic E-state index is -0.158. The molecule has 2 heterocycles. The minimum absolute atomic E-state index is 0.0722. The van der Waals surface area contributed by atoms with Crippen LogP contribution in [0.5, 0.6) is 0 Å². The zero-order valence-corrected chi connectivity index (χ0v) is 13.8. The van der Waals surface area contributed by atoms with Crippen LogP contribution >= 0.6 is 0 Å². The van der Waals surface area contributed by atoms with Crippen LogP contribution in [-0.2, 0) is 16.6 Å². The Morgan fingerprint density at radius 1 is 1.36 bits per heavy atom. The molecule has 0 saturated heterocycles. The second kappa shape index (κ2) is 6.34. The summed E-state index contributed by atoms with van der Waals surface area (Å²) in [7, 11) is 0. The van der Waals surface area contributed by atoms with E-state index in [0.29, 0.717) is 24.6 Å². The first-order valence-electron chi connectivity index (χ1n) is 7.44. The fraction of sp³-hybridized carbons (Fsp3) is 0.562. The summed E-state index contributed by atoms with van der Waals surface area (Å²) in [4.78, 5) is 16.3. The van der Waals surface area contributed by atoms with E-state index in [9.17, 15) is 4.79 Å². The highest BCUT2D eigenvalue weighted by atomic mass is 16.5. The van der Waals surface area contributed by atoms with E-state index in [0.717, 1.165) is 11.5 Å². The second-order valence-electron chi connectivity index (χ2n) is 6.50. The van der Waals surface area contributed by atoms with Gasteiger partial charge in [0.15, 0.2) is 5.82 Å². The Labute approximate surface area is 130 Å². The highest BCUT2D eigenvalue weighted by molar-refractivity contribution is 5.76. The molecule has 6 nitrogen and oxygen atoms in total. The van der Waals surface area contributed by atoms with Crippen molar-refractivity contribution >= 4 is 5.91 Å². The van der Waals surface area contributed by atoms with Gasteiger partial charge in [0.2, 0.25) is 11.8 Å². The van der Waals surface area contributed by atoms with Crippen molar-refractivity contribution < 1.29 is 13.7 Å². The molecule has 0 bridgehead atoms. The summed E-state index contributed by atoms with van der Waals surface area (Å²) in [6, 6.07) is 3.59. The molecule has 2 rings (SSSR count). The molecule has 22 heavy (non-hydrogen) atoms. The predicted molar refractivity (Wildman–Crippen MR) is 81.3 cm³/mol. The van der Waals surface area contributed by atoms with Gasteiger partial charge in [-0.2, -0.15) is 4.98 Å². The van der Waals surface area contributed by atoms with Gasteiger partial charge in [-0.15, -0.1) is 0 Å². The molecule has 120 valence electrons. The molecule has 2 aromatic heterocycles. The largest absolute Gasteiger partial charge is 0.464 e. The molecule has 0 spiro atoms. The monoisotopic (exact) mass is 305 g/mol. The Balaban J connectivity index is 1.84. The smallest absolute Gasteiger partial charge is 0.227 e. The van der Waals surface area contributed by atoms with E-state index in [2.05, 4.69) is 15.5 Å². The van der Waals surface area contributed by atoms with E-state index in [1.165, 1.54) is 0 Å². The van der Waals surface area contributed by atoms with Crippen LogP contribution < -0.4 is 5.32 Å². The van der Waals surface area contributed by atoms with Crippen LogP contribution in [0.4, 0.5) is 0 Å². The molecule has 0 fully saturated rings. The first-order valence-corrected chi connectivity index (χ1v) is 7.44. The number of amides is 1. The van der Waals surface area contributed by atoms with E-state index in [1.54, 1.807) is 0 Å². The molecule has 2 aromatic rings. The van der Waals surface area contributed by atoms with Gasteiger partial charge in [-0.25, -0.2) is 0 Å². The molecular formula is C16H23N3O3. The zero-order chi connectivity index (χ0) is 16.3. The van der Waals surface area contributed by atoms with Gasteiger partial charge < -0.3 is 14.3 Å². The summed E-state index contributed by atoms with van der Waals surface area (Å²) < 4.78 is 10.7. The van der Waals surface area contributed by atoms with E-state index < -0.39 is 0 Å². The Morgan fingerprint density at radius 3 is 2.64 bits per heavy atom. The van der Waals surface area contributed by atoms with Crippen molar-refractivity contribution in [3.05, 3.63) is 35.4 Å². The lowest BCUT2D eigenvalue weighted by atomic mass is 9.96. The van der Waals surface area contributed by atoms with Crippen LogP contribution in [0.3, 0.4) is 0 Å². The first kappa shape index (κ1) is 16.3. The average Bonchev–Trinajstić information content (AvgIpc) is 3.04. The molecule has 0 aliphatic heterocycles. The van der Waals surface area contributed by atoms with Crippen LogP contribution in [0.1, 0.15) is 63.4 Å². The van der Waals surface area contributed by atoms with Crippen LogP contribution in [0.15, 0.2) is 21.1 Å². The molecular weight excluding hydrogens is 282 g/mol. The lowest BCUT2D eigenvalue weighted by molar-refractivity contribution is -0.121. The highest BCUT2D eigenvalue weighted by Gasteiger charge is 2.21. The summed E-state index contributed by atoms with van der Waals surface area (Å²) in [5, 5.41) is 6.84. The first-order chi connectivity index (χ1) is 10.3. The quantitative estimate of drug-likeness (QED) is 0.918. The Hall–Kier alpha value is -2.11. The lowest BCUT2D eigenvalue weighted by Crippen LogP contribution is -2.26. The molecule has 0 unspecified atom stereocenters. The van der Waals surface area contributed by atoms with Crippen molar-refractivity contribution in [2.24, 2.45) is 0 Å². The third kappa shape index (κ3) is 4.19. The van der Waals surface area contributed by atoms with Crippen molar-refractivity contribution in [2.45, 2.75) is 58.9 Å². The highest BCUT2D eigenvalue weighted by Crippen LogP contribution is 2.19. The number of carbonyl (C=O) groups is 1. The van der Waals surface area contributed by atoms with Crippen LogP contribution in [0, 0.1) is 6.92 Å². The van der Waals surface area contributed by atoms with E-state index >= 15 is 0 Å². The van der Waals surface area contributed by atoms with Gasteiger partial charge in [-0.05, 0) is 26.0 Å². The van der Waals surface area contributed by atoms with Gasteiger partial charge in [0.1, 0.15) is 11.5 Å². The summed E-state index contributed by atoms with van der Waals surface area (Å²) in [6.45, 7) is 9.81. The van der Waals surface area contributed by atoms with Crippen molar-refractivity contribution in [2.75, 3.05) is 0 Å². The molecule has 0 aliphatic rings. The number of aryl methyl sites for hydroxylation is 2. The number of hydrogen-bond donors (Lipinski definition) is 1. The summed E-state index contributed by atoms with van der Waals surface area (Å²) in [5.74, 6) is 2.65. The number of furan rings is 1. The molecule has 6 heteroatoms. The Morgan fingerprint density at radius 2 is 2.09 bits per heavy atom. The average molecular weight is 305 g/mol. The van der Waals surface area contributed by atoms with Crippen LogP contribution in [0.25, 0.3) is 0 Å². The van der Waals surface area contributed by atoms with Gasteiger partial charge in [0.25, 0.3) is 0 Å². The predicted octanol–water partition coefficient (Wildman–Crippen LogP) is 3.08. The SMILES string of the molecule is Cc1ccc([C@@H](C)NC(=O)CCc2nc(C(C)(C)C)no2)o1. The normalized spacial score (nSPS) is 13.1. The minimum Gasteiger partial charge on any atom is -0.464 e. The third-order valence-electron chi connectivity index (χ3n) is 3.27. The topological polar surface area (TPSA) is 81.2 Å². The van der Waals surface area contributed by atoms with Gasteiger partial charge in [0, 0.05) is 18.3 Å². The lowest BCUT2D eigenvalue weighted by Gasteiger charge is -2.11. The van der Waals surface area contributed by atoms with Crippen molar-refractivity contribution in [1.29, 1.82) is 0 Å². The fourth-order valence-corrected chi connectivity index (χ4v) is 1.95. The maximum atomic E-state index is 12.0. The van der Waals surface area contributed by atoms with Gasteiger partial charge >= 0.3 is 0 Å². The Bertz CT molecular complexity index is 637. The fourth-order valence-electron chi connectivity index (χ4n) is 1.95. The molecule has 0 radical (unpaired) electrons. The van der Waals surface area contributed by atoms with Crippen molar-refractivity contribution in [3.8, 4) is 0 Å². The third-order valence-corrected chi connectivity index (χ3v) is 3.27.